The van der Waals surface area contributed by atoms with Crippen molar-refractivity contribution in [2.45, 2.75) is 28.2 Å². The molecule has 1 amide bonds. The summed E-state index contributed by atoms with van der Waals surface area (Å²) in [6.07, 6.45) is 2.23. The predicted octanol–water partition coefficient (Wildman–Crippen LogP) is 3.07. The SMILES string of the molecule is CCC(Br)C(=O)Nc1ccc(Sc2ncn[nH]2)cc1. The summed E-state index contributed by atoms with van der Waals surface area (Å²) in [6, 6.07) is 7.59. The molecule has 1 unspecified atom stereocenters. The minimum absolute atomic E-state index is 0.0295. The molecule has 1 aromatic heterocycles. The first-order chi connectivity index (χ1) is 9.19. The molecule has 0 spiro atoms. The number of aromatic nitrogens is 3. The fraction of sp³-hybridized carbons (Fsp3) is 0.250. The molecule has 0 aliphatic heterocycles. The smallest absolute Gasteiger partial charge is 0.238 e. The van der Waals surface area contributed by atoms with Crippen molar-refractivity contribution in [3.63, 3.8) is 0 Å². The first-order valence-corrected chi connectivity index (χ1v) is 7.50. The maximum absolute atomic E-state index is 11.7. The second-order valence-electron chi connectivity index (χ2n) is 3.78. The van der Waals surface area contributed by atoms with Gasteiger partial charge in [0.25, 0.3) is 0 Å². The van der Waals surface area contributed by atoms with Gasteiger partial charge in [0.15, 0.2) is 5.16 Å². The molecule has 2 N–H and O–H groups in total. The number of carbonyl (C=O) groups excluding carboxylic acids is 1. The fourth-order valence-corrected chi connectivity index (χ4v) is 2.18. The Balaban J connectivity index is 1.96. The molecule has 0 aliphatic rings. The molecule has 2 rings (SSSR count). The van der Waals surface area contributed by atoms with Gasteiger partial charge in [-0.05, 0) is 30.7 Å². The zero-order chi connectivity index (χ0) is 13.7. The van der Waals surface area contributed by atoms with Crippen LogP contribution in [0, 0.1) is 0 Å². The number of aromatic amines is 1. The molecule has 0 fully saturated rings. The van der Waals surface area contributed by atoms with Gasteiger partial charge in [-0.2, -0.15) is 5.10 Å². The predicted molar refractivity (Wildman–Crippen MR) is 78.6 cm³/mol. The van der Waals surface area contributed by atoms with Crippen LogP contribution in [0.3, 0.4) is 0 Å². The largest absolute Gasteiger partial charge is 0.325 e. The standard InChI is InChI=1S/C12H13BrN4OS/c1-2-10(13)11(18)16-8-3-5-9(6-4-8)19-12-14-7-15-17-12/h3-7,10H,2H2,1H3,(H,16,18)(H,14,15,17). The highest BCUT2D eigenvalue weighted by Gasteiger charge is 2.12. The monoisotopic (exact) mass is 340 g/mol. The van der Waals surface area contributed by atoms with Gasteiger partial charge in [0, 0.05) is 10.6 Å². The van der Waals surface area contributed by atoms with Gasteiger partial charge in [-0.15, -0.1) is 0 Å². The average Bonchev–Trinajstić information content (AvgIpc) is 2.93. The van der Waals surface area contributed by atoms with E-state index in [1.54, 1.807) is 0 Å². The summed E-state index contributed by atoms with van der Waals surface area (Å²) in [5.41, 5.74) is 0.782. The summed E-state index contributed by atoms with van der Waals surface area (Å²) >= 11 is 4.80. The summed E-state index contributed by atoms with van der Waals surface area (Å²) in [5, 5.41) is 10.2. The molecule has 2 aromatic rings. The molecular weight excluding hydrogens is 328 g/mol. The van der Waals surface area contributed by atoms with E-state index < -0.39 is 0 Å². The molecule has 0 saturated heterocycles. The van der Waals surface area contributed by atoms with Gasteiger partial charge in [0.05, 0.1) is 4.83 Å². The highest BCUT2D eigenvalue weighted by Crippen LogP contribution is 2.25. The van der Waals surface area contributed by atoms with Crippen molar-refractivity contribution < 1.29 is 4.79 Å². The van der Waals surface area contributed by atoms with E-state index in [1.807, 2.05) is 31.2 Å². The Labute approximate surface area is 123 Å². The van der Waals surface area contributed by atoms with Crippen LogP contribution in [-0.4, -0.2) is 25.9 Å². The molecule has 0 bridgehead atoms. The van der Waals surface area contributed by atoms with E-state index in [9.17, 15) is 4.79 Å². The van der Waals surface area contributed by atoms with Crippen LogP contribution in [0.2, 0.25) is 0 Å². The van der Waals surface area contributed by atoms with Crippen molar-refractivity contribution in [3.8, 4) is 0 Å². The number of nitrogens with one attached hydrogen (secondary N) is 2. The lowest BCUT2D eigenvalue weighted by atomic mass is 10.3. The van der Waals surface area contributed by atoms with Crippen molar-refractivity contribution in [2.24, 2.45) is 0 Å². The van der Waals surface area contributed by atoms with Crippen LogP contribution in [0.4, 0.5) is 5.69 Å². The molecule has 7 heteroatoms. The lowest BCUT2D eigenvalue weighted by Crippen LogP contribution is -2.21. The van der Waals surface area contributed by atoms with Gasteiger partial charge in [-0.1, -0.05) is 34.6 Å². The molecule has 5 nitrogen and oxygen atoms in total. The van der Waals surface area contributed by atoms with Gasteiger partial charge in [0.2, 0.25) is 5.91 Å². The number of nitrogens with zero attached hydrogens (tertiary/aromatic N) is 2. The Kier molecular flexibility index (Phi) is 4.98. The number of anilines is 1. The second kappa shape index (κ2) is 6.72. The van der Waals surface area contributed by atoms with Gasteiger partial charge in [0.1, 0.15) is 6.33 Å². The van der Waals surface area contributed by atoms with Crippen LogP contribution in [0.15, 0.2) is 40.6 Å². The van der Waals surface area contributed by atoms with Gasteiger partial charge in [-0.25, -0.2) is 4.98 Å². The number of rotatable bonds is 5. The van der Waals surface area contributed by atoms with Crippen molar-refractivity contribution in [2.75, 3.05) is 5.32 Å². The van der Waals surface area contributed by atoms with E-state index in [-0.39, 0.29) is 10.7 Å². The minimum atomic E-state index is -0.157. The fourth-order valence-electron chi connectivity index (χ4n) is 1.37. The lowest BCUT2D eigenvalue weighted by Gasteiger charge is -2.09. The summed E-state index contributed by atoms with van der Waals surface area (Å²) in [4.78, 5) is 16.6. The zero-order valence-corrected chi connectivity index (χ0v) is 12.7. The average molecular weight is 341 g/mol. The van der Waals surface area contributed by atoms with Gasteiger partial charge >= 0.3 is 0 Å². The van der Waals surface area contributed by atoms with Crippen LogP contribution in [0.25, 0.3) is 0 Å². The van der Waals surface area contributed by atoms with Gasteiger partial charge < -0.3 is 5.32 Å². The molecule has 0 aliphatic carbocycles. The quantitative estimate of drug-likeness (QED) is 0.820. The highest BCUT2D eigenvalue weighted by molar-refractivity contribution is 9.10. The number of hydrogen-bond donors (Lipinski definition) is 2. The Morgan fingerprint density at radius 3 is 2.79 bits per heavy atom. The summed E-state index contributed by atoms with van der Waals surface area (Å²) in [7, 11) is 0. The third-order valence-electron chi connectivity index (χ3n) is 2.37. The topological polar surface area (TPSA) is 70.7 Å². The molecule has 100 valence electrons. The highest BCUT2D eigenvalue weighted by atomic mass is 79.9. The Morgan fingerprint density at radius 2 is 2.21 bits per heavy atom. The van der Waals surface area contributed by atoms with Gasteiger partial charge in [-0.3, -0.25) is 9.89 Å². The number of carbonyl (C=O) groups is 1. The van der Waals surface area contributed by atoms with Crippen molar-refractivity contribution in [3.05, 3.63) is 30.6 Å². The maximum Gasteiger partial charge on any atom is 0.238 e. The van der Waals surface area contributed by atoms with Crippen molar-refractivity contribution in [1.82, 2.24) is 15.2 Å². The number of benzene rings is 1. The third kappa shape index (κ3) is 4.07. The van der Waals surface area contributed by atoms with Crippen LogP contribution < -0.4 is 5.32 Å². The first kappa shape index (κ1) is 14.1. The Bertz CT molecular complexity index is 529. The Hall–Kier alpha value is -1.34. The maximum atomic E-state index is 11.7. The van der Waals surface area contributed by atoms with Crippen molar-refractivity contribution in [1.29, 1.82) is 0 Å². The summed E-state index contributed by atoms with van der Waals surface area (Å²) in [6.45, 7) is 1.95. The molecule has 0 saturated carbocycles. The molecule has 0 radical (unpaired) electrons. The number of H-pyrrole nitrogens is 1. The second-order valence-corrected chi connectivity index (χ2v) is 5.95. The first-order valence-electron chi connectivity index (χ1n) is 5.77. The minimum Gasteiger partial charge on any atom is -0.325 e. The number of amides is 1. The van der Waals surface area contributed by atoms with E-state index >= 15 is 0 Å². The molecule has 19 heavy (non-hydrogen) atoms. The van der Waals surface area contributed by atoms with Crippen LogP contribution in [0.1, 0.15) is 13.3 Å². The molecule has 1 heterocycles. The number of halogens is 1. The summed E-state index contributed by atoms with van der Waals surface area (Å²) in [5.74, 6) is -0.0295. The normalized spacial score (nSPS) is 12.1. The van der Waals surface area contributed by atoms with Crippen LogP contribution >= 0.6 is 27.7 Å². The molecule has 1 atom stereocenters. The van der Waals surface area contributed by atoms with E-state index in [0.717, 1.165) is 22.2 Å². The molecule has 1 aromatic carbocycles. The number of hydrogen-bond acceptors (Lipinski definition) is 4. The van der Waals surface area contributed by atoms with E-state index in [4.69, 9.17) is 0 Å². The van der Waals surface area contributed by atoms with E-state index in [2.05, 4.69) is 36.4 Å². The Morgan fingerprint density at radius 1 is 1.47 bits per heavy atom. The number of alkyl halides is 1. The van der Waals surface area contributed by atoms with Crippen LogP contribution in [-0.2, 0) is 4.79 Å². The van der Waals surface area contributed by atoms with E-state index in [0.29, 0.717) is 0 Å². The zero-order valence-electron chi connectivity index (χ0n) is 10.3. The lowest BCUT2D eigenvalue weighted by molar-refractivity contribution is -0.115. The summed E-state index contributed by atoms with van der Waals surface area (Å²) < 4.78 is 0. The third-order valence-corrected chi connectivity index (χ3v) is 4.33. The molecular formula is C12H13BrN4OS. The van der Waals surface area contributed by atoms with Crippen molar-refractivity contribution >= 4 is 39.3 Å². The van der Waals surface area contributed by atoms with E-state index in [1.165, 1.54) is 18.1 Å². The van der Waals surface area contributed by atoms with Crippen LogP contribution in [0.5, 0.6) is 0 Å².